The average Bonchev–Trinajstić information content (AvgIpc) is 2.66. The average molecular weight is 225 g/mol. The molecule has 5 nitrogen and oxygen atoms in total. The molecule has 2 N–H and O–H groups in total. The fourth-order valence-electron chi connectivity index (χ4n) is 1.97. The van der Waals surface area contributed by atoms with Crippen molar-refractivity contribution in [1.29, 1.82) is 0 Å². The van der Waals surface area contributed by atoms with Crippen LogP contribution in [0.5, 0.6) is 0 Å². The highest BCUT2D eigenvalue weighted by atomic mass is 16.4. The molecule has 2 heterocycles. The lowest BCUT2D eigenvalue weighted by atomic mass is 10.1. The number of aromatic carboxylic acids is 1. The monoisotopic (exact) mass is 225 g/mol. The van der Waals surface area contributed by atoms with Crippen LogP contribution in [-0.4, -0.2) is 40.3 Å². The van der Waals surface area contributed by atoms with Crippen molar-refractivity contribution in [3.63, 3.8) is 0 Å². The molecule has 5 heteroatoms. The first-order valence-corrected chi connectivity index (χ1v) is 5.37. The number of aliphatic hydroxyl groups is 1. The molecule has 2 rings (SSSR count). The van der Waals surface area contributed by atoms with Gasteiger partial charge in [0, 0.05) is 6.54 Å². The Hall–Kier alpha value is -1.33. The number of aliphatic hydroxyl groups excluding tert-OH is 1. The minimum atomic E-state index is -1.05. The summed E-state index contributed by atoms with van der Waals surface area (Å²) in [6, 6.07) is 3.13. The second-order valence-corrected chi connectivity index (χ2v) is 4.10. The summed E-state index contributed by atoms with van der Waals surface area (Å²) >= 11 is 0. The lowest BCUT2D eigenvalue weighted by molar-refractivity contribution is 0.0598. The standard InChI is InChI=1S/C11H15NO4/c13-8-2-1-5-12(6-8)7-9-3-4-10(16-9)11(14)15/h3-4,8,13H,1-2,5-7H2,(H,14,15)/t8-/m0/s1. The fourth-order valence-corrected chi connectivity index (χ4v) is 1.97. The summed E-state index contributed by atoms with van der Waals surface area (Å²) in [6.07, 6.45) is 1.53. The highest BCUT2D eigenvalue weighted by Crippen LogP contribution is 2.15. The van der Waals surface area contributed by atoms with Gasteiger partial charge in [-0.15, -0.1) is 0 Å². The van der Waals surface area contributed by atoms with E-state index in [4.69, 9.17) is 9.52 Å². The van der Waals surface area contributed by atoms with Crippen LogP contribution < -0.4 is 0 Å². The van der Waals surface area contributed by atoms with Gasteiger partial charge in [-0.05, 0) is 31.5 Å². The van der Waals surface area contributed by atoms with Gasteiger partial charge >= 0.3 is 5.97 Å². The molecule has 1 aliphatic heterocycles. The maximum atomic E-state index is 10.6. The van der Waals surface area contributed by atoms with Gasteiger partial charge in [0.1, 0.15) is 5.76 Å². The Balaban J connectivity index is 1.95. The van der Waals surface area contributed by atoms with Crippen molar-refractivity contribution < 1.29 is 19.4 Å². The SMILES string of the molecule is O=C(O)c1ccc(CN2CCC[C@H](O)C2)o1. The topological polar surface area (TPSA) is 73.9 Å². The van der Waals surface area contributed by atoms with E-state index in [2.05, 4.69) is 4.90 Å². The van der Waals surface area contributed by atoms with Crippen LogP contribution in [0.4, 0.5) is 0 Å². The van der Waals surface area contributed by atoms with Crippen LogP contribution in [0, 0.1) is 0 Å². The highest BCUT2D eigenvalue weighted by molar-refractivity contribution is 5.84. The summed E-state index contributed by atoms with van der Waals surface area (Å²) in [4.78, 5) is 12.7. The summed E-state index contributed by atoms with van der Waals surface area (Å²) in [6.45, 7) is 2.10. The largest absolute Gasteiger partial charge is 0.475 e. The first-order chi connectivity index (χ1) is 7.65. The molecule has 1 aliphatic rings. The van der Waals surface area contributed by atoms with Gasteiger partial charge in [0.15, 0.2) is 0 Å². The summed E-state index contributed by atoms with van der Waals surface area (Å²) in [7, 11) is 0. The van der Waals surface area contributed by atoms with E-state index in [9.17, 15) is 9.90 Å². The van der Waals surface area contributed by atoms with Gasteiger partial charge in [-0.1, -0.05) is 0 Å². The van der Waals surface area contributed by atoms with Crippen LogP contribution in [0.3, 0.4) is 0 Å². The lowest BCUT2D eigenvalue weighted by Crippen LogP contribution is -2.37. The van der Waals surface area contributed by atoms with Gasteiger partial charge in [0.2, 0.25) is 5.76 Å². The molecular weight excluding hydrogens is 210 g/mol. The lowest BCUT2D eigenvalue weighted by Gasteiger charge is -2.29. The zero-order chi connectivity index (χ0) is 11.5. The number of hydrogen-bond acceptors (Lipinski definition) is 4. The quantitative estimate of drug-likeness (QED) is 0.800. The van der Waals surface area contributed by atoms with Crippen molar-refractivity contribution >= 4 is 5.97 Å². The van der Waals surface area contributed by atoms with Gasteiger partial charge in [0.25, 0.3) is 0 Å². The van der Waals surface area contributed by atoms with Gasteiger partial charge < -0.3 is 14.6 Å². The van der Waals surface area contributed by atoms with Crippen molar-refractivity contribution in [1.82, 2.24) is 4.90 Å². The van der Waals surface area contributed by atoms with Crippen LogP contribution in [0.25, 0.3) is 0 Å². The van der Waals surface area contributed by atoms with Crippen LogP contribution in [0.2, 0.25) is 0 Å². The molecule has 1 fully saturated rings. The Bertz CT molecular complexity index is 374. The smallest absolute Gasteiger partial charge is 0.371 e. The van der Waals surface area contributed by atoms with E-state index in [0.717, 1.165) is 19.4 Å². The first-order valence-electron chi connectivity index (χ1n) is 5.37. The Morgan fingerprint density at radius 3 is 3.00 bits per heavy atom. The van der Waals surface area contributed by atoms with Crippen molar-refractivity contribution in [3.05, 3.63) is 23.7 Å². The van der Waals surface area contributed by atoms with Crippen molar-refractivity contribution in [2.45, 2.75) is 25.5 Å². The Morgan fingerprint density at radius 2 is 2.38 bits per heavy atom. The molecule has 1 saturated heterocycles. The van der Waals surface area contributed by atoms with E-state index in [0.29, 0.717) is 18.8 Å². The van der Waals surface area contributed by atoms with E-state index in [1.165, 1.54) is 6.07 Å². The molecule has 0 aromatic carbocycles. The number of nitrogens with zero attached hydrogens (tertiary/aromatic N) is 1. The molecule has 0 unspecified atom stereocenters. The van der Waals surface area contributed by atoms with Gasteiger partial charge in [-0.3, -0.25) is 4.90 Å². The number of hydrogen-bond donors (Lipinski definition) is 2. The third-order valence-electron chi connectivity index (χ3n) is 2.73. The summed E-state index contributed by atoms with van der Waals surface area (Å²) in [5.74, 6) is -0.455. The predicted molar refractivity (Wildman–Crippen MR) is 56.2 cm³/mol. The molecule has 0 radical (unpaired) electrons. The Kier molecular flexibility index (Phi) is 3.26. The number of furan rings is 1. The number of piperidine rings is 1. The number of likely N-dealkylation sites (tertiary alicyclic amines) is 1. The second-order valence-electron chi connectivity index (χ2n) is 4.10. The molecule has 0 spiro atoms. The molecule has 1 aromatic rings. The van der Waals surface area contributed by atoms with Crippen molar-refractivity contribution in [2.75, 3.05) is 13.1 Å². The molecule has 0 aliphatic carbocycles. The normalized spacial score (nSPS) is 22.2. The van der Waals surface area contributed by atoms with Gasteiger partial charge in [-0.2, -0.15) is 0 Å². The molecule has 16 heavy (non-hydrogen) atoms. The van der Waals surface area contributed by atoms with E-state index >= 15 is 0 Å². The third kappa shape index (κ3) is 2.62. The minimum absolute atomic E-state index is 0.0347. The predicted octanol–water partition coefficient (Wildman–Crippen LogP) is 0.934. The number of carboxylic acids is 1. The number of β-amino-alcohol motifs (C(OH)–C–C–N with tert-alkyl or cyclic N) is 1. The van der Waals surface area contributed by atoms with E-state index in [1.54, 1.807) is 6.07 Å². The maximum absolute atomic E-state index is 10.6. The summed E-state index contributed by atoms with van der Waals surface area (Å²) < 4.78 is 5.16. The minimum Gasteiger partial charge on any atom is -0.475 e. The fraction of sp³-hybridized carbons (Fsp3) is 0.545. The molecule has 0 amide bonds. The summed E-state index contributed by atoms with van der Waals surface area (Å²) in [5.41, 5.74) is 0. The van der Waals surface area contributed by atoms with Crippen LogP contribution in [0.15, 0.2) is 16.5 Å². The molecule has 0 bridgehead atoms. The highest BCUT2D eigenvalue weighted by Gasteiger charge is 2.19. The zero-order valence-corrected chi connectivity index (χ0v) is 8.93. The first kappa shape index (κ1) is 11.2. The molecule has 88 valence electrons. The van der Waals surface area contributed by atoms with Gasteiger partial charge in [-0.25, -0.2) is 4.79 Å². The van der Waals surface area contributed by atoms with Crippen LogP contribution in [0.1, 0.15) is 29.2 Å². The maximum Gasteiger partial charge on any atom is 0.371 e. The van der Waals surface area contributed by atoms with E-state index in [1.807, 2.05) is 0 Å². The zero-order valence-electron chi connectivity index (χ0n) is 8.93. The second kappa shape index (κ2) is 4.67. The summed E-state index contributed by atoms with van der Waals surface area (Å²) in [5, 5.41) is 18.2. The van der Waals surface area contributed by atoms with Crippen LogP contribution in [-0.2, 0) is 6.54 Å². The van der Waals surface area contributed by atoms with E-state index < -0.39 is 5.97 Å². The number of carboxylic acid groups (broad SMARTS) is 1. The van der Waals surface area contributed by atoms with Crippen molar-refractivity contribution in [3.8, 4) is 0 Å². The molecule has 1 aromatic heterocycles. The molecule has 0 saturated carbocycles. The van der Waals surface area contributed by atoms with Crippen molar-refractivity contribution in [2.24, 2.45) is 0 Å². The number of rotatable bonds is 3. The Labute approximate surface area is 93.3 Å². The van der Waals surface area contributed by atoms with E-state index in [-0.39, 0.29) is 11.9 Å². The molecule has 1 atom stereocenters. The Morgan fingerprint density at radius 1 is 1.56 bits per heavy atom. The molecular formula is C11H15NO4. The van der Waals surface area contributed by atoms with Crippen LogP contribution >= 0.6 is 0 Å². The third-order valence-corrected chi connectivity index (χ3v) is 2.73. The number of carbonyl (C=O) groups is 1. The van der Waals surface area contributed by atoms with Gasteiger partial charge in [0.05, 0.1) is 12.6 Å².